The zero-order valence-electron chi connectivity index (χ0n) is 31.2. The molecule has 2 aliphatic carbocycles. The molecular weight excluding hydrogens is 627 g/mol. The van der Waals surface area contributed by atoms with Gasteiger partial charge >= 0.3 is 6.01 Å². The van der Waals surface area contributed by atoms with Gasteiger partial charge in [-0.2, -0.15) is 9.97 Å². The number of hydrogen-bond donors (Lipinski definition) is 1. The van der Waals surface area contributed by atoms with Gasteiger partial charge in [-0.05, 0) is 80.1 Å². The van der Waals surface area contributed by atoms with Gasteiger partial charge in [0.2, 0.25) is 0 Å². The average Bonchev–Trinajstić information content (AvgIpc) is 3.38. The van der Waals surface area contributed by atoms with Crippen molar-refractivity contribution in [3.8, 4) is 11.8 Å². The van der Waals surface area contributed by atoms with Gasteiger partial charge < -0.3 is 19.5 Å². The number of aromatic hydroxyl groups is 1. The van der Waals surface area contributed by atoms with Crippen LogP contribution >= 0.6 is 0 Å². The molecule has 0 spiro atoms. The van der Waals surface area contributed by atoms with E-state index in [0.717, 1.165) is 94.5 Å². The molecule has 0 amide bonds. The number of phenols is 1. The number of ether oxygens (including phenoxy) is 2. The van der Waals surface area contributed by atoms with Crippen LogP contribution in [0.15, 0.2) is 35.3 Å². The molecular formula is C42H55FN4O3. The number of benzene rings is 2. The van der Waals surface area contributed by atoms with Gasteiger partial charge in [-0.25, -0.2) is 4.39 Å². The first-order valence-electron chi connectivity index (χ1n) is 18.9. The third-order valence-electron chi connectivity index (χ3n) is 10.6. The molecule has 1 N–H and O–H groups in total. The first-order valence-corrected chi connectivity index (χ1v) is 18.9. The number of fused-ring (bicyclic) bond motifs is 3. The molecule has 2 aromatic carbocycles. The van der Waals surface area contributed by atoms with E-state index in [4.69, 9.17) is 24.4 Å². The van der Waals surface area contributed by atoms with Crippen molar-refractivity contribution in [1.29, 1.82) is 0 Å². The molecule has 0 radical (unpaired) electrons. The van der Waals surface area contributed by atoms with Gasteiger partial charge in [0.25, 0.3) is 0 Å². The van der Waals surface area contributed by atoms with Crippen molar-refractivity contribution in [1.82, 2.24) is 9.97 Å². The fourth-order valence-electron chi connectivity index (χ4n) is 8.12. The third-order valence-corrected chi connectivity index (χ3v) is 10.6. The van der Waals surface area contributed by atoms with Crippen molar-refractivity contribution in [3.05, 3.63) is 58.5 Å². The summed E-state index contributed by atoms with van der Waals surface area (Å²) in [5.41, 5.74) is 6.61. The maximum Gasteiger partial charge on any atom is 0.318 e. The number of aliphatic imine (C=N–C) groups is 1. The number of hydrogen-bond acceptors (Lipinski definition) is 7. The summed E-state index contributed by atoms with van der Waals surface area (Å²) in [6.07, 6.45) is 11.0. The average molecular weight is 683 g/mol. The maximum absolute atomic E-state index is 16.0. The number of unbranched alkanes of at least 4 members (excludes halogenated alkanes) is 3. The van der Waals surface area contributed by atoms with Gasteiger partial charge in [0.15, 0.2) is 0 Å². The maximum atomic E-state index is 16.0. The van der Waals surface area contributed by atoms with E-state index < -0.39 is 0 Å². The highest BCUT2D eigenvalue weighted by atomic mass is 19.1. The Balaban J connectivity index is 1.61. The topological polar surface area (TPSA) is 80.1 Å². The van der Waals surface area contributed by atoms with Crippen molar-refractivity contribution < 1.29 is 19.0 Å². The SMILES string of the molecule is C/C=C1\C(=NC(C)C)C2=C(c3nc(OCC(C)(CCCC)CCCCC)nc(N4CCCOCC4)c31)C(C)c1c(F)ccc3cc(O)cc2c13. The largest absolute Gasteiger partial charge is 0.508 e. The van der Waals surface area contributed by atoms with Crippen LogP contribution in [0.5, 0.6) is 11.8 Å². The summed E-state index contributed by atoms with van der Waals surface area (Å²) in [6.45, 7) is 18.4. The molecule has 3 aromatic rings. The van der Waals surface area contributed by atoms with Gasteiger partial charge in [-0.1, -0.05) is 71.9 Å². The number of halogens is 1. The monoisotopic (exact) mass is 682 g/mol. The van der Waals surface area contributed by atoms with Crippen LogP contribution in [0.1, 0.15) is 128 Å². The molecule has 0 saturated carbocycles. The predicted octanol–water partition coefficient (Wildman–Crippen LogP) is 10.2. The van der Waals surface area contributed by atoms with Crippen molar-refractivity contribution in [2.45, 2.75) is 112 Å². The highest BCUT2D eigenvalue weighted by molar-refractivity contribution is 6.52. The second-order valence-corrected chi connectivity index (χ2v) is 15.0. The number of anilines is 1. The number of phenolic OH excluding ortho intramolecular Hbond substituents is 1. The fraction of sp³-hybridized carbons (Fsp3) is 0.548. The molecule has 50 heavy (non-hydrogen) atoms. The van der Waals surface area contributed by atoms with Gasteiger partial charge in [0, 0.05) is 53.8 Å². The molecule has 7 nitrogen and oxygen atoms in total. The van der Waals surface area contributed by atoms with Crippen LogP contribution in [-0.4, -0.2) is 59.7 Å². The van der Waals surface area contributed by atoms with E-state index in [1.807, 2.05) is 6.92 Å². The molecule has 268 valence electrons. The standard InChI is InChI=1S/C42H55FN4O3/c1-8-11-13-18-42(7,17-12-9-2)25-50-41-45-39-34-27(6)33-32(43)16-15-28-23-29(48)24-31(35(28)33)36(34)38(44-26(4)5)30(10-3)37(39)40(46-41)47-19-14-21-49-22-20-47/h10,15-16,23-24,26-27,48H,8-9,11-14,17-22,25H2,1-7H3/b30-10-,44-38?. The lowest BCUT2D eigenvalue weighted by atomic mass is 9.69. The van der Waals surface area contributed by atoms with Crippen molar-refractivity contribution >= 4 is 39.0 Å². The Bertz CT molecular complexity index is 1820. The minimum absolute atomic E-state index is 0.00439. The molecule has 6 rings (SSSR count). The van der Waals surface area contributed by atoms with Gasteiger partial charge in [-0.3, -0.25) is 4.99 Å². The van der Waals surface area contributed by atoms with Gasteiger partial charge in [-0.15, -0.1) is 0 Å². The van der Waals surface area contributed by atoms with Gasteiger partial charge in [0.05, 0.1) is 30.2 Å². The highest BCUT2D eigenvalue weighted by Crippen LogP contribution is 2.55. The van der Waals surface area contributed by atoms with Crippen LogP contribution < -0.4 is 9.64 Å². The first-order chi connectivity index (χ1) is 24.1. The number of allylic oxidation sites excluding steroid dienone is 4. The molecule has 8 heteroatoms. The lowest BCUT2D eigenvalue weighted by Crippen LogP contribution is -2.32. The van der Waals surface area contributed by atoms with E-state index in [9.17, 15) is 5.11 Å². The number of aromatic nitrogens is 2. The molecule has 3 aliphatic rings. The summed E-state index contributed by atoms with van der Waals surface area (Å²) in [4.78, 5) is 18.1. The summed E-state index contributed by atoms with van der Waals surface area (Å²) in [5.74, 6) is 0.334. The summed E-state index contributed by atoms with van der Waals surface area (Å²) in [7, 11) is 0. The van der Waals surface area contributed by atoms with Crippen LogP contribution in [0.3, 0.4) is 0 Å². The summed E-state index contributed by atoms with van der Waals surface area (Å²) in [6, 6.07) is 7.09. The second-order valence-electron chi connectivity index (χ2n) is 15.0. The predicted molar refractivity (Wildman–Crippen MR) is 204 cm³/mol. The second kappa shape index (κ2) is 15.2. The van der Waals surface area contributed by atoms with Crippen molar-refractivity contribution in [2.24, 2.45) is 10.4 Å². The minimum Gasteiger partial charge on any atom is -0.508 e. The van der Waals surface area contributed by atoms with E-state index in [2.05, 4.69) is 52.5 Å². The van der Waals surface area contributed by atoms with E-state index in [1.54, 1.807) is 18.2 Å². The lowest BCUT2D eigenvalue weighted by molar-refractivity contribution is 0.125. The molecule has 2 unspecified atom stereocenters. The molecule has 1 saturated heterocycles. The first kappa shape index (κ1) is 36.0. The van der Waals surface area contributed by atoms with E-state index >= 15 is 4.39 Å². The molecule has 2 heterocycles. The normalized spacial score (nSPS) is 20.3. The van der Waals surface area contributed by atoms with Crippen LogP contribution in [0.2, 0.25) is 0 Å². The zero-order valence-corrected chi connectivity index (χ0v) is 31.2. The van der Waals surface area contributed by atoms with Crippen molar-refractivity contribution in [2.75, 3.05) is 37.8 Å². The zero-order chi connectivity index (χ0) is 35.6. The number of nitrogens with zero attached hydrogens (tertiary/aromatic N) is 4. The highest BCUT2D eigenvalue weighted by Gasteiger charge is 2.41. The molecule has 1 aliphatic heterocycles. The molecule has 1 fully saturated rings. The Hall–Kier alpha value is -3.78. The lowest BCUT2D eigenvalue weighted by Gasteiger charge is -2.37. The van der Waals surface area contributed by atoms with Crippen molar-refractivity contribution in [3.63, 3.8) is 0 Å². The van der Waals surface area contributed by atoms with E-state index in [0.29, 0.717) is 37.9 Å². The molecule has 0 bridgehead atoms. The van der Waals surface area contributed by atoms with Crippen LogP contribution in [0, 0.1) is 11.2 Å². The Morgan fingerprint density at radius 3 is 2.62 bits per heavy atom. The van der Waals surface area contributed by atoms with Crippen LogP contribution in [0.25, 0.3) is 27.5 Å². The Morgan fingerprint density at radius 2 is 1.88 bits per heavy atom. The number of rotatable bonds is 12. The van der Waals surface area contributed by atoms with Crippen LogP contribution in [-0.2, 0) is 4.74 Å². The van der Waals surface area contributed by atoms with Gasteiger partial charge in [0.1, 0.15) is 17.4 Å². The van der Waals surface area contributed by atoms with E-state index in [1.165, 1.54) is 25.3 Å². The molecule has 1 aromatic heterocycles. The summed E-state index contributed by atoms with van der Waals surface area (Å²) < 4.78 is 28.6. The Labute approximate surface area is 297 Å². The Morgan fingerprint density at radius 1 is 1.10 bits per heavy atom. The fourth-order valence-corrected chi connectivity index (χ4v) is 8.12. The summed E-state index contributed by atoms with van der Waals surface area (Å²) in [5, 5.41) is 12.6. The van der Waals surface area contributed by atoms with Crippen LogP contribution in [0.4, 0.5) is 10.2 Å². The molecule has 2 atom stereocenters. The summed E-state index contributed by atoms with van der Waals surface area (Å²) >= 11 is 0. The quantitative estimate of drug-likeness (QED) is 0.192. The minimum atomic E-state index is -0.341. The third kappa shape index (κ3) is 6.92. The Kier molecular flexibility index (Phi) is 11.0. The van der Waals surface area contributed by atoms with E-state index in [-0.39, 0.29) is 28.9 Å². The smallest absolute Gasteiger partial charge is 0.318 e.